The quantitative estimate of drug-likeness (QED) is 0.467. The van der Waals surface area contributed by atoms with Gasteiger partial charge in [0.05, 0.1) is 46.3 Å². The number of hydrogen-bond donors (Lipinski definition) is 1. The molecule has 0 radical (unpaired) electrons. The van der Waals surface area contributed by atoms with Crippen LogP contribution < -0.4 is 5.32 Å². The summed E-state index contributed by atoms with van der Waals surface area (Å²) in [5.74, 6) is -0.186. The second kappa shape index (κ2) is 8.40. The molecule has 6 nitrogen and oxygen atoms in total. The zero-order valence-corrected chi connectivity index (χ0v) is 18.7. The summed E-state index contributed by atoms with van der Waals surface area (Å²) in [6, 6.07) is 17.5. The summed E-state index contributed by atoms with van der Waals surface area (Å²) in [6.07, 6.45) is 0. The highest BCUT2D eigenvalue weighted by molar-refractivity contribution is 6.30. The molecule has 0 saturated carbocycles. The maximum atomic E-state index is 13.2. The number of amides is 1. The molecule has 1 amide bonds. The van der Waals surface area contributed by atoms with Gasteiger partial charge < -0.3 is 5.32 Å². The SMILES string of the molecule is Cc1nn(Cc2ccc(Cl)cc2)c(C)c1NC(=O)c1c(C)nn(-c2ccccc2)c1C. The molecule has 0 unspecified atom stereocenters. The molecule has 2 heterocycles. The fourth-order valence-electron chi connectivity index (χ4n) is 3.76. The van der Waals surface area contributed by atoms with Gasteiger partial charge in [-0.15, -0.1) is 0 Å². The molecule has 2 aromatic heterocycles. The van der Waals surface area contributed by atoms with E-state index < -0.39 is 0 Å². The third-order valence-electron chi connectivity index (χ3n) is 5.38. The minimum atomic E-state index is -0.186. The Labute approximate surface area is 186 Å². The Bertz CT molecular complexity index is 1240. The highest BCUT2D eigenvalue weighted by Gasteiger charge is 2.22. The van der Waals surface area contributed by atoms with Gasteiger partial charge in [0.15, 0.2) is 0 Å². The minimum absolute atomic E-state index is 0.186. The first kappa shape index (κ1) is 20.9. The van der Waals surface area contributed by atoms with E-state index in [4.69, 9.17) is 11.6 Å². The van der Waals surface area contributed by atoms with E-state index in [2.05, 4.69) is 15.5 Å². The van der Waals surface area contributed by atoms with Crippen LogP contribution in [-0.2, 0) is 6.54 Å². The molecular weight excluding hydrogens is 410 g/mol. The number of nitrogens with zero attached hydrogens (tertiary/aromatic N) is 4. The Morgan fingerprint density at radius 2 is 1.58 bits per heavy atom. The van der Waals surface area contributed by atoms with Crippen LogP contribution >= 0.6 is 11.6 Å². The van der Waals surface area contributed by atoms with E-state index in [1.54, 1.807) is 4.68 Å². The molecule has 0 spiro atoms. The third kappa shape index (κ3) is 4.11. The van der Waals surface area contributed by atoms with Gasteiger partial charge in [-0.1, -0.05) is 41.9 Å². The predicted octanol–water partition coefficient (Wildman–Crippen LogP) is 5.26. The number of aryl methyl sites for hydroxylation is 2. The van der Waals surface area contributed by atoms with Crippen LogP contribution in [0.5, 0.6) is 0 Å². The Hall–Kier alpha value is -3.38. The van der Waals surface area contributed by atoms with Crippen molar-refractivity contribution in [1.82, 2.24) is 19.6 Å². The lowest BCUT2D eigenvalue weighted by Gasteiger charge is -2.08. The van der Waals surface area contributed by atoms with Crippen molar-refractivity contribution in [2.75, 3.05) is 5.32 Å². The maximum Gasteiger partial charge on any atom is 0.259 e. The molecule has 0 aliphatic heterocycles. The lowest BCUT2D eigenvalue weighted by Crippen LogP contribution is -2.15. The van der Waals surface area contributed by atoms with Crippen LogP contribution in [0, 0.1) is 27.7 Å². The van der Waals surface area contributed by atoms with Crippen LogP contribution in [0.2, 0.25) is 5.02 Å². The van der Waals surface area contributed by atoms with Crippen LogP contribution in [0.25, 0.3) is 5.69 Å². The Morgan fingerprint density at radius 1 is 0.903 bits per heavy atom. The smallest absolute Gasteiger partial charge is 0.259 e. The van der Waals surface area contributed by atoms with E-state index in [0.29, 0.717) is 22.8 Å². The topological polar surface area (TPSA) is 64.7 Å². The Morgan fingerprint density at radius 3 is 2.26 bits per heavy atom. The molecule has 158 valence electrons. The maximum absolute atomic E-state index is 13.2. The number of hydrogen-bond acceptors (Lipinski definition) is 3. The molecule has 0 aliphatic rings. The number of nitrogens with one attached hydrogen (secondary N) is 1. The van der Waals surface area contributed by atoms with Crippen molar-refractivity contribution >= 4 is 23.2 Å². The van der Waals surface area contributed by atoms with Crippen molar-refractivity contribution in [3.63, 3.8) is 0 Å². The summed E-state index contributed by atoms with van der Waals surface area (Å²) >= 11 is 5.98. The lowest BCUT2D eigenvalue weighted by atomic mass is 10.1. The molecule has 2 aromatic carbocycles. The molecule has 7 heteroatoms. The molecular formula is C24H24ClN5O. The largest absolute Gasteiger partial charge is 0.319 e. The standard InChI is InChI=1S/C24H24ClN5O/c1-15-22(17(3)30(28-15)21-8-6-5-7-9-21)24(31)26-23-16(2)27-29(18(23)4)14-19-10-12-20(25)13-11-19/h5-13H,14H2,1-4H3,(H,26,31). The molecule has 0 atom stereocenters. The summed E-state index contributed by atoms with van der Waals surface area (Å²) < 4.78 is 3.69. The van der Waals surface area contributed by atoms with Gasteiger partial charge in [0.2, 0.25) is 0 Å². The third-order valence-corrected chi connectivity index (χ3v) is 5.64. The molecule has 0 saturated heterocycles. The lowest BCUT2D eigenvalue weighted by molar-refractivity contribution is 0.102. The van der Waals surface area contributed by atoms with Crippen LogP contribution in [0.15, 0.2) is 54.6 Å². The van der Waals surface area contributed by atoms with Crippen LogP contribution in [0.1, 0.15) is 38.7 Å². The summed E-state index contributed by atoms with van der Waals surface area (Å²) in [5, 5.41) is 13.0. The van der Waals surface area contributed by atoms with Gasteiger partial charge in [0, 0.05) is 5.02 Å². The van der Waals surface area contributed by atoms with Crippen molar-refractivity contribution in [1.29, 1.82) is 0 Å². The first-order chi connectivity index (χ1) is 14.8. The molecule has 4 rings (SSSR count). The molecule has 31 heavy (non-hydrogen) atoms. The number of carbonyl (C=O) groups excluding carboxylic acids is 1. The number of aromatic nitrogens is 4. The molecule has 0 fully saturated rings. The van der Waals surface area contributed by atoms with Gasteiger partial charge in [-0.05, 0) is 57.5 Å². The predicted molar refractivity (Wildman–Crippen MR) is 123 cm³/mol. The monoisotopic (exact) mass is 433 g/mol. The van der Waals surface area contributed by atoms with E-state index in [-0.39, 0.29) is 5.91 Å². The average molecular weight is 434 g/mol. The van der Waals surface area contributed by atoms with Crippen molar-refractivity contribution in [3.05, 3.63) is 93.5 Å². The minimum Gasteiger partial charge on any atom is -0.319 e. The van der Waals surface area contributed by atoms with Gasteiger partial charge in [-0.25, -0.2) is 4.68 Å². The van der Waals surface area contributed by atoms with Crippen LogP contribution in [-0.4, -0.2) is 25.5 Å². The number of anilines is 1. The number of halogens is 1. The van der Waals surface area contributed by atoms with Crippen molar-refractivity contribution in [2.24, 2.45) is 0 Å². The van der Waals surface area contributed by atoms with E-state index in [1.807, 2.05) is 87.0 Å². The summed E-state index contributed by atoms with van der Waals surface area (Å²) in [6.45, 7) is 8.22. The summed E-state index contributed by atoms with van der Waals surface area (Å²) in [5.41, 5.74) is 6.46. The van der Waals surface area contributed by atoms with E-state index >= 15 is 0 Å². The zero-order valence-electron chi connectivity index (χ0n) is 18.0. The van der Waals surface area contributed by atoms with E-state index in [0.717, 1.165) is 34.0 Å². The number of para-hydroxylation sites is 1. The Kier molecular flexibility index (Phi) is 5.65. The summed E-state index contributed by atoms with van der Waals surface area (Å²) in [4.78, 5) is 13.2. The number of carbonyl (C=O) groups is 1. The van der Waals surface area contributed by atoms with Crippen molar-refractivity contribution < 1.29 is 4.79 Å². The molecule has 1 N–H and O–H groups in total. The summed E-state index contributed by atoms with van der Waals surface area (Å²) in [7, 11) is 0. The van der Waals surface area contributed by atoms with E-state index in [1.165, 1.54) is 0 Å². The second-order valence-corrected chi connectivity index (χ2v) is 8.01. The van der Waals surface area contributed by atoms with Crippen molar-refractivity contribution in [2.45, 2.75) is 34.2 Å². The fraction of sp³-hybridized carbons (Fsp3) is 0.208. The van der Waals surface area contributed by atoms with E-state index in [9.17, 15) is 4.79 Å². The van der Waals surface area contributed by atoms with Gasteiger partial charge in [0.1, 0.15) is 0 Å². The molecule has 0 aliphatic carbocycles. The second-order valence-electron chi connectivity index (χ2n) is 7.58. The molecule has 0 bridgehead atoms. The highest BCUT2D eigenvalue weighted by atomic mass is 35.5. The first-order valence-electron chi connectivity index (χ1n) is 10.1. The van der Waals surface area contributed by atoms with Crippen LogP contribution in [0.4, 0.5) is 5.69 Å². The number of benzene rings is 2. The average Bonchev–Trinajstić information content (AvgIpc) is 3.20. The highest BCUT2D eigenvalue weighted by Crippen LogP contribution is 2.24. The zero-order chi connectivity index (χ0) is 22.1. The van der Waals surface area contributed by atoms with Gasteiger partial charge in [-0.2, -0.15) is 10.2 Å². The first-order valence-corrected chi connectivity index (χ1v) is 10.4. The van der Waals surface area contributed by atoms with Gasteiger partial charge in [-0.3, -0.25) is 9.48 Å². The molecule has 4 aromatic rings. The Balaban J connectivity index is 1.60. The van der Waals surface area contributed by atoms with Gasteiger partial charge >= 0.3 is 0 Å². The van der Waals surface area contributed by atoms with Crippen molar-refractivity contribution in [3.8, 4) is 5.69 Å². The normalized spacial score (nSPS) is 11.0. The number of rotatable bonds is 5. The fourth-order valence-corrected chi connectivity index (χ4v) is 3.89. The van der Waals surface area contributed by atoms with Gasteiger partial charge in [0.25, 0.3) is 5.91 Å². The van der Waals surface area contributed by atoms with Crippen LogP contribution in [0.3, 0.4) is 0 Å².